The highest BCUT2D eigenvalue weighted by Crippen LogP contribution is 2.24. The quantitative estimate of drug-likeness (QED) is 0.315. The molecule has 1 heterocycles. The highest BCUT2D eigenvalue weighted by atomic mass is 32.1. The highest BCUT2D eigenvalue weighted by molar-refractivity contribution is 7.71. The van der Waals surface area contributed by atoms with Crippen LogP contribution in [0.1, 0.15) is 30.8 Å². The van der Waals surface area contributed by atoms with Gasteiger partial charge in [0.1, 0.15) is 5.75 Å². The molecule has 2 N–H and O–H groups in total. The van der Waals surface area contributed by atoms with E-state index < -0.39 is 0 Å². The van der Waals surface area contributed by atoms with Crippen LogP contribution in [-0.4, -0.2) is 39.3 Å². The summed E-state index contributed by atoms with van der Waals surface area (Å²) < 4.78 is 2.01. The maximum atomic E-state index is 10.5. The molecular weight excluding hydrogens is 406 g/mol. The lowest BCUT2D eigenvalue weighted by Crippen LogP contribution is -2.21. The van der Waals surface area contributed by atoms with Crippen LogP contribution in [0.25, 0.3) is 10.8 Å². The number of nitrogens with one attached hydrogen (secondary N) is 1. The predicted molar refractivity (Wildman–Crippen MR) is 129 cm³/mol. The minimum atomic E-state index is 0.179. The number of hydrogen-bond donors (Lipinski definition) is 2. The molecule has 0 saturated heterocycles. The zero-order chi connectivity index (χ0) is 21.8. The third-order valence-electron chi connectivity index (χ3n) is 5.40. The molecule has 4 aromatic rings. The molecule has 0 radical (unpaired) electrons. The van der Waals surface area contributed by atoms with Crippen molar-refractivity contribution in [2.45, 2.75) is 20.3 Å². The molecule has 0 atom stereocenters. The van der Waals surface area contributed by atoms with E-state index in [9.17, 15) is 5.11 Å². The summed E-state index contributed by atoms with van der Waals surface area (Å²) in [5.41, 5.74) is 2.75. The number of fused-ring (bicyclic) bond motifs is 1. The van der Waals surface area contributed by atoms with Gasteiger partial charge in [-0.1, -0.05) is 42.5 Å². The van der Waals surface area contributed by atoms with Crippen LogP contribution >= 0.6 is 12.2 Å². The van der Waals surface area contributed by atoms with Crippen molar-refractivity contribution in [2.75, 3.05) is 18.0 Å². The van der Waals surface area contributed by atoms with Crippen LogP contribution in [-0.2, 0) is 6.42 Å². The van der Waals surface area contributed by atoms with Crippen LogP contribution in [0.4, 0.5) is 5.69 Å². The summed E-state index contributed by atoms with van der Waals surface area (Å²) in [6.07, 6.45) is 2.19. The molecule has 0 bridgehead atoms. The number of hydrogen-bond acceptors (Lipinski definition) is 5. The van der Waals surface area contributed by atoms with Gasteiger partial charge in [-0.3, -0.25) is 5.10 Å². The van der Waals surface area contributed by atoms with Gasteiger partial charge in [0.25, 0.3) is 0 Å². The fraction of sp³-hybridized carbons (Fsp3) is 0.208. The summed E-state index contributed by atoms with van der Waals surface area (Å²) in [6, 6.07) is 20.1. The number of H-pyrrole nitrogens is 1. The second kappa shape index (κ2) is 9.14. The van der Waals surface area contributed by atoms with Gasteiger partial charge in [-0.25, -0.2) is 0 Å². The third kappa shape index (κ3) is 4.36. The number of phenols is 1. The van der Waals surface area contributed by atoms with Gasteiger partial charge in [0.2, 0.25) is 4.77 Å². The molecule has 3 aromatic carbocycles. The minimum absolute atomic E-state index is 0.179. The third-order valence-corrected chi connectivity index (χ3v) is 5.67. The molecule has 0 aliphatic carbocycles. The number of aromatic hydroxyl groups is 1. The van der Waals surface area contributed by atoms with E-state index in [0.29, 0.717) is 22.6 Å². The lowest BCUT2D eigenvalue weighted by atomic mass is 10.0. The van der Waals surface area contributed by atoms with E-state index in [0.717, 1.165) is 24.3 Å². The fourth-order valence-corrected chi connectivity index (χ4v) is 3.92. The van der Waals surface area contributed by atoms with Gasteiger partial charge in [0.05, 0.1) is 6.21 Å². The van der Waals surface area contributed by atoms with Crippen molar-refractivity contribution in [3.8, 4) is 5.75 Å². The second-order valence-electron chi connectivity index (χ2n) is 7.23. The molecule has 0 fully saturated rings. The first-order chi connectivity index (χ1) is 15.1. The zero-order valence-electron chi connectivity index (χ0n) is 17.6. The molecule has 1 aromatic heterocycles. The van der Waals surface area contributed by atoms with E-state index >= 15 is 0 Å². The summed E-state index contributed by atoms with van der Waals surface area (Å²) in [6.45, 7) is 5.94. The number of phenolic OH excluding ortho intramolecular Hbond substituents is 1. The van der Waals surface area contributed by atoms with E-state index in [1.807, 2.05) is 30.3 Å². The Labute approximate surface area is 186 Å². The van der Waals surface area contributed by atoms with Gasteiger partial charge in [-0.15, -0.1) is 0 Å². The Morgan fingerprint density at radius 2 is 1.87 bits per heavy atom. The number of rotatable bonds is 7. The molecule has 4 rings (SSSR count). The normalized spacial score (nSPS) is 11.4. The SMILES string of the molecule is CCN(CC)c1ccc(/C=N/n2c(Cc3cccc4ccccc34)n[nH]c2=S)c(O)c1. The lowest BCUT2D eigenvalue weighted by molar-refractivity contribution is 0.474. The first kappa shape index (κ1) is 20.8. The van der Waals surface area contributed by atoms with E-state index in [1.165, 1.54) is 10.8 Å². The Hall–Kier alpha value is -3.45. The Morgan fingerprint density at radius 1 is 1.10 bits per heavy atom. The van der Waals surface area contributed by atoms with Gasteiger partial charge in [0, 0.05) is 36.8 Å². The van der Waals surface area contributed by atoms with Crippen molar-refractivity contribution in [1.82, 2.24) is 14.9 Å². The second-order valence-corrected chi connectivity index (χ2v) is 7.62. The predicted octanol–water partition coefficient (Wildman–Crippen LogP) is 5.12. The monoisotopic (exact) mass is 431 g/mol. The average Bonchev–Trinajstić information content (AvgIpc) is 3.13. The van der Waals surface area contributed by atoms with E-state index in [1.54, 1.807) is 17.0 Å². The number of anilines is 1. The Bertz CT molecular complexity index is 1280. The topological polar surface area (TPSA) is 69.4 Å². The molecule has 0 unspecified atom stereocenters. The van der Waals surface area contributed by atoms with Crippen molar-refractivity contribution in [1.29, 1.82) is 0 Å². The van der Waals surface area contributed by atoms with Crippen LogP contribution in [0.3, 0.4) is 0 Å². The summed E-state index contributed by atoms with van der Waals surface area (Å²) in [5, 5.41) is 24.5. The van der Waals surface area contributed by atoms with E-state index in [4.69, 9.17) is 12.2 Å². The molecule has 0 saturated carbocycles. The maximum Gasteiger partial charge on any atom is 0.216 e. The van der Waals surface area contributed by atoms with Crippen LogP contribution in [0, 0.1) is 4.77 Å². The average molecular weight is 432 g/mol. The summed E-state index contributed by atoms with van der Waals surface area (Å²) in [4.78, 5) is 2.18. The number of aromatic nitrogens is 3. The maximum absolute atomic E-state index is 10.5. The molecule has 7 heteroatoms. The highest BCUT2D eigenvalue weighted by Gasteiger charge is 2.10. The number of nitrogens with zero attached hydrogens (tertiary/aromatic N) is 4. The molecular formula is C24H25N5OS. The Balaban J connectivity index is 1.63. The van der Waals surface area contributed by atoms with Crippen molar-refractivity contribution in [3.05, 3.63) is 82.4 Å². The standard InChI is InChI=1S/C24H25N5OS/c1-3-28(4-2)20-13-12-19(22(30)15-20)16-25-29-23(26-27-24(29)31)14-18-10-7-9-17-8-5-6-11-21(17)18/h5-13,15-16,30H,3-4,14H2,1-2H3,(H,27,31)/b25-16+. The Kier molecular flexibility index (Phi) is 6.13. The van der Waals surface area contributed by atoms with E-state index in [-0.39, 0.29) is 5.75 Å². The first-order valence-electron chi connectivity index (χ1n) is 10.4. The van der Waals surface area contributed by atoms with Crippen LogP contribution in [0.5, 0.6) is 5.75 Å². The summed E-state index contributed by atoms with van der Waals surface area (Å²) in [7, 11) is 0. The summed E-state index contributed by atoms with van der Waals surface area (Å²) in [5.74, 6) is 0.885. The number of benzene rings is 3. The molecule has 31 heavy (non-hydrogen) atoms. The lowest BCUT2D eigenvalue weighted by Gasteiger charge is -2.21. The van der Waals surface area contributed by atoms with Crippen molar-refractivity contribution < 1.29 is 5.11 Å². The van der Waals surface area contributed by atoms with Gasteiger partial charge < -0.3 is 10.0 Å². The molecule has 6 nitrogen and oxygen atoms in total. The van der Waals surface area contributed by atoms with Gasteiger partial charge in [-0.05, 0) is 54.5 Å². The van der Waals surface area contributed by atoms with Gasteiger partial charge in [0.15, 0.2) is 5.82 Å². The molecule has 0 spiro atoms. The van der Waals surface area contributed by atoms with Crippen LogP contribution in [0.15, 0.2) is 65.8 Å². The van der Waals surface area contributed by atoms with Crippen LogP contribution in [0.2, 0.25) is 0 Å². The smallest absolute Gasteiger partial charge is 0.216 e. The molecule has 0 aliphatic heterocycles. The van der Waals surface area contributed by atoms with Gasteiger partial charge >= 0.3 is 0 Å². The largest absolute Gasteiger partial charge is 0.507 e. The van der Waals surface area contributed by atoms with Crippen molar-refractivity contribution in [3.63, 3.8) is 0 Å². The minimum Gasteiger partial charge on any atom is -0.507 e. The fourth-order valence-electron chi connectivity index (χ4n) is 3.72. The Morgan fingerprint density at radius 3 is 2.65 bits per heavy atom. The zero-order valence-corrected chi connectivity index (χ0v) is 18.4. The molecule has 0 amide bonds. The van der Waals surface area contributed by atoms with E-state index in [2.05, 4.69) is 58.3 Å². The first-order valence-corrected chi connectivity index (χ1v) is 10.8. The molecule has 158 valence electrons. The van der Waals surface area contributed by atoms with Crippen molar-refractivity contribution >= 4 is 34.9 Å². The van der Waals surface area contributed by atoms with Gasteiger partial charge in [-0.2, -0.15) is 14.9 Å². The number of aromatic amines is 1. The summed E-state index contributed by atoms with van der Waals surface area (Å²) >= 11 is 5.38. The van der Waals surface area contributed by atoms with Crippen molar-refractivity contribution in [2.24, 2.45) is 5.10 Å². The molecule has 0 aliphatic rings. The van der Waals surface area contributed by atoms with Crippen LogP contribution < -0.4 is 4.90 Å².